The topological polar surface area (TPSA) is 108 Å². The highest BCUT2D eigenvalue weighted by atomic mass is 32.2. The number of hydrogen-bond acceptors (Lipinski definition) is 5. The third-order valence-electron chi connectivity index (χ3n) is 6.31. The van der Waals surface area contributed by atoms with Gasteiger partial charge >= 0.3 is 0 Å². The highest BCUT2D eigenvalue weighted by Crippen LogP contribution is 2.22. The number of aryl methyl sites for hydroxylation is 1. The molecule has 2 N–H and O–H groups in total. The molecule has 1 aliphatic carbocycles. The molecule has 0 bridgehead atoms. The summed E-state index contributed by atoms with van der Waals surface area (Å²) < 4.78 is 27.5. The van der Waals surface area contributed by atoms with Gasteiger partial charge in [0.1, 0.15) is 6.04 Å². The van der Waals surface area contributed by atoms with Crippen LogP contribution in [0.25, 0.3) is 0 Å². The molecule has 0 unspecified atom stereocenters. The monoisotopic (exact) mass is 520 g/mol. The van der Waals surface area contributed by atoms with Crippen molar-refractivity contribution in [2.45, 2.75) is 62.7 Å². The smallest absolute Gasteiger partial charge is 0.242 e. The molecule has 1 fully saturated rings. The van der Waals surface area contributed by atoms with Crippen molar-refractivity contribution in [1.82, 2.24) is 19.9 Å². The Morgan fingerprint density at radius 1 is 0.973 bits per heavy atom. The minimum absolute atomic E-state index is 0.0430. The maximum Gasteiger partial charge on any atom is 0.242 e. The van der Waals surface area contributed by atoms with Crippen molar-refractivity contribution in [2.24, 2.45) is 0 Å². The van der Waals surface area contributed by atoms with Gasteiger partial charge in [0.2, 0.25) is 21.8 Å². The first kappa shape index (κ1) is 26.5. The van der Waals surface area contributed by atoms with Gasteiger partial charge in [-0.3, -0.25) is 14.6 Å². The predicted molar refractivity (Wildman–Crippen MR) is 141 cm³/mol. The predicted octanol–water partition coefficient (Wildman–Crippen LogP) is 3.19. The van der Waals surface area contributed by atoms with Gasteiger partial charge in [-0.1, -0.05) is 48.5 Å². The Kier molecular flexibility index (Phi) is 8.68. The lowest BCUT2D eigenvalue weighted by Gasteiger charge is -2.29. The minimum atomic E-state index is -3.51. The lowest BCUT2D eigenvalue weighted by molar-refractivity contribution is -0.140. The fourth-order valence-electron chi connectivity index (χ4n) is 3.92. The molecular formula is C28H32N4O4S. The number of rotatable bonds is 12. The van der Waals surface area contributed by atoms with Gasteiger partial charge in [0.15, 0.2) is 0 Å². The maximum absolute atomic E-state index is 13.3. The zero-order chi connectivity index (χ0) is 26.3. The number of hydrogen-bond donors (Lipinski definition) is 2. The van der Waals surface area contributed by atoms with E-state index in [1.807, 2.05) is 42.5 Å². The zero-order valence-corrected chi connectivity index (χ0v) is 21.7. The van der Waals surface area contributed by atoms with Crippen molar-refractivity contribution < 1.29 is 18.0 Å². The first-order valence-electron chi connectivity index (χ1n) is 12.4. The van der Waals surface area contributed by atoms with Crippen LogP contribution in [0.2, 0.25) is 0 Å². The van der Waals surface area contributed by atoms with E-state index in [9.17, 15) is 18.0 Å². The number of pyridine rings is 1. The number of benzene rings is 2. The molecule has 8 nitrogen and oxygen atoms in total. The van der Waals surface area contributed by atoms with Crippen LogP contribution >= 0.6 is 0 Å². The summed E-state index contributed by atoms with van der Waals surface area (Å²) in [5.74, 6) is -0.397. The van der Waals surface area contributed by atoms with Crippen LogP contribution in [0.1, 0.15) is 42.9 Å². The molecule has 1 atom stereocenters. The van der Waals surface area contributed by atoms with E-state index in [0.29, 0.717) is 19.5 Å². The molecule has 1 saturated carbocycles. The van der Waals surface area contributed by atoms with Crippen LogP contribution in [-0.2, 0) is 39.1 Å². The summed E-state index contributed by atoms with van der Waals surface area (Å²) >= 11 is 0. The first-order chi connectivity index (χ1) is 17.8. The van der Waals surface area contributed by atoms with Crippen LogP contribution in [0.15, 0.2) is 84.0 Å². The van der Waals surface area contributed by atoms with Crippen LogP contribution in [0.3, 0.4) is 0 Å². The van der Waals surface area contributed by atoms with Crippen LogP contribution in [0.4, 0.5) is 0 Å². The standard InChI is InChI=1S/C28H32N4O4S/c1-21(28(34)30-19-24-8-5-17-29-18-24)32(20-23-6-3-2-4-7-23)27(33)16-11-22-9-14-26(15-10-22)37(35,36)31-25-12-13-25/h2-10,14-15,17-18,21,25,31H,11-13,16,19-20H2,1H3,(H,30,34)/t21-/m1/s1. The molecule has 0 saturated heterocycles. The number of sulfonamides is 1. The van der Waals surface area contributed by atoms with Gasteiger partial charge < -0.3 is 10.2 Å². The number of amides is 2. The van der Waals surface area contributed by atoms with E-state index in [0.717, 1.165) is 29.5 Å². The molecule has 1 aliphatic rings. The molecule has 3 aromatic rings. The van der Waals surface area contributed by atoms with Gasteiger partial charge in [-0.2, -0.15) is 0 Å². The second-order valence-electron chi connectivity index (χ2n) is 9.30. The third-order valence-corrected chi connectivity index (χ3v) is 7.85. The van der Waals surface area contributed by atoms with E-state index in [4.69, 9.17) is 0 Å². The van der Waals surface area contributed by atoms with Gasteiger partial charge in [0, 0.05) is 37.9 Å². The molecule has 194 valence electrons. The highest BCUT2D eigenvalue weighted by Gasteiger charge is 2.28. The highest BCUT2D eigenvalue weighted by molar-refractivity contribution is 7.89. The molecule has 0 aliphatic heterocycles. The van der Waals surface area contributed by atoms with Crippen molar-refractivity contribution in [3.63, 3.8) is 0 Å². The second kappa shape index (κ2) is 12.1. The second-order valence-corrected chi connectivity index (χ2v) is 11.0. The van der Waals surface area contributed by atoms with Crippen LogP contribution in [-0.4, -0.2) is 42.2 Å². The van der Waals surface area contributed by atoms with Gasteiger partial charge in [-0.25, -0.2) is 13.1 Å². The SMILES string of the molecule is C[C@H](C(=O)NCc1cccnc1)N(Cc1ccccc1)C(=O)CCc1ccc(S(=O)(=O)NC2CC2)cc1. The average Bonchev–Trinajstić information content (AvgIpc) is 3.73. The molecule has 0 spiro atoms. The van der Waals surface area contributed by atoms with E-state index < -0.39 is 16.1 Å². The van der Waals surface area contributed by atoms with Gasteiger partial charge in [0.25, 0.3) is 0 Å². The van der Waals surface area contributed by atoms with E-state index >= 15 is 0 Å². The van der Waals surface area contributed by atoms with Crippen molar-refractivity contribution in [3.05, 3.63) is 95.8 Å². The van der Waals surface area contributed by atoms with Crippen molar-refractivity contribution >= 4 is 21.8 Å². The lowest BCUT2D eigenvalue weighted by atomic mass is 10.1. The van der Waals surface area contributed by atoms with E-state index in [2.05, 4.69) is 15.0 Å². The number of aromatic nitrogens is 1. The number of carbonyl (C=O) groups is 2. The largest absolute Gasteiger partial charge is 0.350 e. The molecule has 2 amide bonds. The van der Waals surface area contributed by atoms with Crippen LogP contribution in [0, 0.1) is 0 Å². The molecule has 1 heterocycles. The van der Waals surface area contributed by atoms with E-state index in [1.54, 1.807) is 48.5 Å². The zero-order valence-electron chi connectivity index (χ0n) is 20.8. The lowest BCUT2D eigenvalue weighted by Crippen LogP contribution is -2.47. The summed E-state index contributed by atoms with van der Waals surface area (Å²) in [6.45, 7) is 2.37. The van der Waals surface area contributed by atoms with Gasteiger partial charge in [-0.05, 0) is 61.1 Å². The minimum Gasteiger partial charge on any atom is -0.350 e. The number of nitrogens with zero attached hydrogens (tertiary/aromatic N) is 2. The Labute approximate surface area is 218 Å². The van der Waals surface area contributed by atoms with Crippen molar-refractivity contribution in [1.29, 1.82) is 0 Å². The quantitative estimate of drug-likeness (QED) is 0.381. The molecule has 4 rings (SSSR count). The summed E-state index contributed by atoms with van der Waals surface area (Å²) in [7, 11) is -3.51. The van der Waals surface area contributed by atoms with E-state index in [1.165, 1.54) is 0 Å². The van der Waals surface area contributed by atoms with Crippen molar-refractivity contribution in [2.75, 3.05) is 0 Å². The van der Waals surface area contributed by atoms with Gasteiger partial charge in [-0.15, -0.1) is 0 Å². The summed E-state index contributed by atoms with van der Waals surface area (Å²) in [4.78, 5) is 32.1. The molecule has 9 heteroatoms. The summed E-state index contributed by atoms with van der Waals surface area (Å²) in [6, 6.07) is 19.2. The summed E-state index contributed by atoms with van der Waals surface area (Å²) in [5.41, 5.74) is 2.66. The molecule has 2 aromatic carbocycles. The Morgan fingerprint density at radius 2 is 1.68 bits per heavy atom. The molecule has 0 radical (unpaired) electrons. The molecule has 37 heavy (non-hydrogen) atoms. The number of nitrogens with one attached hydrogen (secondary N) is 2. The molecular weight excluding hydrogens is 488 g/mol. The number of carbonyl (C=O) groups excluding carboxylic acids is 2. The average molecular weight is 521 g/mol. The van der Waals surface area contributed by atoms with E-state index in [-0.39, 0.29) is 29.2 Å². The maximum atomic E-state index is 13.3. The Morgan fingerprint density at radius 3 is 2.32 bits per heavy atom. The summed E-state index contributed by atoms with van der Waals surface area (Å²) in [6.07, 6.45) is 5.74. The first-order valence-corrected chi connectivity index (χ1v) is 13.9. The van der Waals surface area contributed by atoms with Crippen LogP contribution in [0.5, 0.6) is 0 Å². The molecule has 1 aromatic heterocycles. The fraction of sp³-hybridized carbons (Fsp3) is 0.321. The Hall–Kier alpha value is -3.56. The Balaban J connectivity index is 1.39. The fourth-order valence-corrected chi connectivity index (χ4v) is 5.23. The van der Waals surface area contributed by atoms with Crippen molar-refractivity contribution in [3.8, 4) is 0 Å². The third kappa shape index (κ3) is 7.71. The van der Waals surface area contributed by atoms with Crippen LogP contribution < -0.4 is 10.0 Å². The normalized spacial score (nSPS) is 14.1. The Bertz CT molecular complexity index is 1300. The summed E-state index contributed by atoms with van der Waals surface area (Å²) in [5, 5.41) is 2.90. The van der Waals surface area contributed by atoms with Gasteiger partial charge in [0.05, 0.1) is 4.90 Å².